The van der Waals surface area contributed by atoms with Gasteiger partial charge in [0.1, 0.15) is 0 Å². The van der Waals surface area contributed by atoms with Gasteiger partial charge in [-0.1, -0.05) is 6.92 Å². The Morgan fingerprint density at radius 2 is 2.08 bits per heavy atom. The number of rotatable bonds is 2. The molecule has 1 saturated heterocycles. The molecule has 0 aromatic carbocycles. The van der Waals surface area contributed by atoms with E-state index < -0.39 is 0 Å². The lowest BCUT2D eigenvalue weighted by Gasteiger charge is -2.48. The first-order chi connectivity index (χ1) is 6.00. The summed E-state index contributed by atoms with van der Waals surface area (Å²) >= 11 is 0. The van der Waals surface area contributed by atoms with Crippen LogP contribution in [-0.2, 0) is 4.74 Å². The molecule has 0 aliphatic carbocycles. The average molecular weight is 185 g/mol. The second-order valence-electron chi connectivity index (χ2n) is 4.65. The summed E-state index contributed by atoms with van der Waals surface area (Å²) in [5.74, 6) is 0.617. The van der Waals surface area contributed by atoms with E-state index in [1.54, 1.807) is 0 Å². The lowest BCUT2D eigenvalue weighted by molar-refractivity contribution is -0.0751. The molecule has 0 aromatic heterocycles. The van der Waals surface area contributed by atoms with Crippen LogP contribution < -0.4 is 0 Å². The molecule has 2 unspecified atom stereocenters. The average Bonchev–Trinajstić information content (AvgIpc) is 2.08. The Morgan fingerprint density at radius 3 is 2.62 bits per heavy atom. The maximum Gasteiger partial charge on any atom is 0.0630 e. The van der Waals surface area contributed by atoms with Crippen LogP contribution in [0.3, 0.4) is 0 Å². The van der Waals surface area contributed by atoms with Crippen molar-refractivity contribution in [2.45, 2.75) is 45.8 Å². The van der Waals surface area contributed by atoms with Crippen molar-refractivity contribution in [2.24, 2.45) is 5.92 Å². The molecule has 1 fully saturated rings. The molecular weight excluding hydrogens is 162 g/mol. The predicted molar refractivity (Wildman–Crippen MR) is 55.9 cm³/mol. The highest BCUT2D eigenvalue weighted by Gasteiger charge is 2.39. The first-order valence-electron chi connectivity index (χ1n) is 5.33. The van der Waals surface area contributed by atoms with Crippen molar-refractivity contribution in [3.63, 3.8) is 0 Å². The SMILES string of the molecule is CCOC1CCN(C)C(C)(C)C1C. The van der Waals surface area contributed by atoms with Gasteiger partial charge < -0.3 is 9.64 Å². The number of piperidine rings is 1. The highest BCUT2D eigenvalue weighted by molar-refractivity contribution is 4.93. The largest absolute Gasteiger partial charge is 0.378 e. The van der Waals surface area contributed by atoms with Gasteiger partial charge in [-0.25, -0.2) is 0 Å². The molecule has 2 heteroatoms. The molecule has 0 N–H and O–H groups in total. The fourth-order valence-electron chi connectivity index (χ4n) is 2.10. The molecule has 0 saturated carbocycles. The van der Waals surface area contributed by atoms with Gasteiger partial charge in [0, 0.05) is 24.6 Å². The molecule has 1 aliphatic rings. The highest BCUT2D eigenvalue weighted by Crippen LogP contribution is 2.33. The zero-order chi connectivity index (χ0) is 10.1. The Bertz CT molecular complexity index is 167. The minimum atomic E-state index is 0.276. The van der Waals surface area contributed by atoms with E-state index in [0.29, 0.717) is 12.0 Å². The lowest BCUT2D eigenvalue weighted by atomic mass is 9.79. The molecule has 0 bridgehead atoms. The smallest absolute Gasteiger partial charge is 0.0630 e. The van der Waals surface area contributed by atoms with Gasteiger partial charge in [0.05, 0.1) is 6.10 Å². The second kappa shape index (κ2) is 3.97. The van der Waals surface area contributed by atoms with Crippen molar-refractivity contribution >= 4 is 0 Å². The predicted octanol–water partition coefficient (Wildman–Crippen LogP) is 2.14. The van der Waals surface area contributed by atoms with Crippen LogP contribution in [0.4, 0.5) is 0 Å². The van der Waals surface area contributed by atoms with Crippen LogP contribution in [-0.4, -0.2) is 36.7 Å². The highest BCUT2D eigenvalue weighted by atomic mass is 16.5. The maximum atomic E-state index is 5.75. The van der Waals surface area contributed by atoms with Crippen LogP contribution in [0.5, 0.6) is 0 Å². The summed E-state index contributed by atoms with van der Waals surface area (Å²) in [6.07, 6.45) is 1.63. The summed E-state index contributed by atoms with van der Waals surface area (Å²) in [6, 6.07) is 0. The van der Waals surface area contributed by atoms with Gasteiger partial charge in [0.2, 0.25) is 0 Å². The maximum absolute atomic E-state index is 5.75. The van der Waals surface area contributed by atoms with Crippen molar-refractivity contribution < 1.29 is 4.74 Å². The van der Waals surface area contributed by atoms with Crippen LogP contribution in [0.1, 0.15) is 34.1 Å². The van der Waals surface area contributed by atoms with Crippen molar-refractivity contribution in [3.8, 4) is 0 Å². The van der Waals surface area contributed by atoms with Gasteiger partial charge in [0.15, 0.2) is 0 Å². The standard InChI is InChI=1S/C11H23NO/c1-6-13-10-7-8-12(5)11(3,4)9(10)2/h9-10H,6-8H2,1-5H3. The number of likely N-dealkylation sites (tertiary alicyclic amines) is 1. The minimum Gasteiger partial charge on any atom is -0.378 e. The molecule has 13 heavy (non-hydrogen) atoms. The molecule has 2 nitrogen and oxygen atoms in total. The normalized spacial score (nSPS) is 34.8. The first-order valence-corrected chi connectivity index (χ1v) is 5.33. The third-order valence-electron chi connectivity index (χ3n) is 3.79. The quantitative estimate of drug-likeness (QED) is 0.653. The summed E-state index contributed by atoms with van der Waals surface area (Å²) in [4.78, 5) is 2.44. The zero-order valence-electron chi connectivity index (χ0n) is 9.63. The minimum absolute atomic E-state index is 0.276. The molecular formula is C11H23NO. The van der Waals surface area contributed by atoms with Gasteiger partial charge >= 0.3 is 0 Å². The molecule has 78 valence electrons. The molecule has 1 rings (SSSR count). The summed E-state index contributed by atoms with van der Waals surface area (Å²) < 4.78 is 5.75. The monoisotopic (exact) mass is 185 g/mol. The van der Waals surface area contributed by atoms with Gasteiger partial charge in [-0.15, -0.1) is 0 Å². The fourth-order valence-corrected chi connectivity index (χ4v) is 2.10. The van der Waals surface area contributed by atoms with Gasteiger partial charge in [-0.05, 0) is 34.2 Å². The van der Waals surface area contributed by atoms with E-state index in [1.807, 2.05) is 0 Å². The number of hydrogen-bond donors (Lipinski definition) is 0. The van der Waals surface area contributed by atoms with Crippen molar-refractivity contribution in [1.82, 2.24) is 4.90 Å². The van der Waals surface area contributed by atoms with E-state index in [4.69, 9.17) is 4.74 Å². The Hall–Kier alpha value is -0.0800. The van der Waals surface area contributed by atoms with Gasteiger partial charge in [0.25, 0.3) is 0 Å². The molecule has 2 atom stereocenters. The van der Waals surface area contributed by atoms with Gasteiger partial charge in [-0.2, -0.15) is 0 Å². The van der Waals surface area contributed by atoms with Crippen LogP contribution in [0.25, 0.3) is 0 Å². The van der Waals surface area contributed by atoms with E-state index in [9.17, 15) is 0 Å². The van der Waals surface area contributed by atoms with Crippen molar-refractivity contribution in [2.75, 3.05) is 20.2 Å². The second-order valence-corrected chi connectivity index (χ2v) is 4.65. The van der Waals surface area contributed by atoms with Crippen molar-refractivity contribution in [3.05, 3.63) is 0 Å². The molecule has 1 heterocycles. The summed E-state index contributed by atoms with van der Waals surface area (Å²) in [6.45, 7) is 11.0. The van der Waals surface area contributed by atoms with E-state index in [2.05, 4.69) is 39.6 Å². The first kappa shape index (κ1) is 11.0. The zero-order valence-corrected chi connectivity index (χ0v) is 9.63. The molecule has 0 spiro atoms. The molecule has 0 aromatic rings. The van der Waals surface area contributed by atoms with Crippen LogP contribution in [0.2, 0.25) is 0 Å². The molecule has 1 aliphatic heterocycles. The summed E-state index contributed by atoms with van der Waals surface area (Å²) in [5.41, 5.74) is 0.276. The van der Waals surface area contributed by atoms with Crippen molar-refractivity contribution in [1.29, 1.82) is 0 Å². The fraction of sp³-hybridized carbons (Fsp3) is 1.00. The lowest BCUT2D eigenvalue weighted by Crippen LogP contribution is -2.56. The summed E-state index contributed by atoms with van der Waals surface area (Å²) in [5, 5.41) is 0. The van der Waals surface area contributed by atoms with E-state index >= 15 is 0 Å². The van der Waals surface area contributed by atoms with Gasteiger partial charge in [-0.3, -0.25) is 0 Å². The third-order valence-corrected chi connectivity index (χ3v) is 3.79. The Kier molecular flexibility index (Phi) is 3.36. The third kappa shape index (κ3) is 2.05. The number of hydrogen-bond acceptors (Lipinski definition) is 2. The Labute approximate surface area is 82.3 Å². The molecule has 0 radical (unpaired) electrons. The van der Waals surface area contributed by atoms with E-state index in [1.165, 1.54) is 6.42 Å². The molecule has 0 amide bonds. The summed E-state index contributed by atoms with van der Waals surface area (Å²) in [7, 11) is 2.21. The number of nitrogens with zero attached hydrogens (tertiary/aromatic N) is 1. The van der Waals surface area contributed by atoms with E-state index in [0.717, 1.165) is 13.2 Å². The van der Waals surface area contributed by atoms with Crippen LogP contribution in [0.15, 0.2) is 0 Å². The number of ether oxygens (including phenoxy) is 1. The van der Waals surface area contributed by atoms with Crippen LogP contribution in [0, 0.1) is 5.92 Å². The Balaban J connectivity index is 2.64. The Morgan fingerprint density at radius 1 is 1.46 bits per heavy atom. The van der Waals surface area contributed by atoms with Crippen LogP contribution >= 0.6 is 0 Å². The van der Waals surface area contributed by atoms with E-state index in [-0.39, 0.29) is 5.54 Å². The topological polar surface area (TPSA) is 12.5 Å².